The minimum atomic E-state index is -4.51. The van der Waals surface area contributed by atoms with E-state index in [1.807, 2.05) is 6.92 Å². The summed E-state index contributed by atoms with van der Waals surface area (Å²) >= 11 is 0. The Balaban J connectivity index is 1.86. The lowest BCUT2D eigenvalue weighted by Crippen LogP contribution is -2.46. The molecule has 1 atom stereocenters. The molecule has 22 heavy (non-hydrogen) atoms. The Morgan fingerprint density at radius 1 is 1.59 bits per heavy atom. The number of carbonyl (C=O) groups is 1. The molecule has 1 N–H and O–H groups in total. The molecule has 0 radical (unpaired) electrons. The summed E-state index contributed by atoms with van der Waals surface area (Å²) in [6, 6.07) is 0. The van der Waals surface area contributed by atoms with Gasteiger partial charge in [0.15, 0.2) is 5.69 Å². The van der Waals surface area contributed by atoms with E-state index in [2.05, 4.69) is 10.3 Å². The van der Waals surface area contributed by atoms with Crippen molar-refractivity contribution in [1.29, 1.82) is 0 Å². The van der Waals surface area contributed by atoms with Crippen molar-refractivity contribution in [2.45, 2.75) is 31.7 Å². The first-order valence-corrected chi connectivity index (χ1v) is 6.92. The molecular formula is C13H18F3N3O3. The molecule has 0 aliphatic carbocycles. The third-order valence-corrected chi connectivity index (χ3v) is 3.38. The number of imidazole rings is 1. The SMILES string of the molecule is CCOC1(CNC(=O)Cn2cnc(C(F)(F)F)c2)CCOC1. The quantitative estimate of drug-likeness (QED) is 0.855. The van der Waals surface area contributed by atoms with E-state index in [0.29, 0.717) is 26.2 Å². The Morgan fingerprint density at radius 2 is 2.36 bits per heavy atom. The highest BCUT2D eigenvalue weighted by Crippen LogP contribution is 2.27. The van der Waals surface area contributed by atoms with Crippen molar-refractivity contribution in [2.24, 2.45) is 0 Å². The lowest BCUT2D eigenvalue weighted by Gasteiger charge is -2.27. The summed E-state index contributed by atoms with van der Waals surface area (Å²) in [7, 11) is 0. The average Bonchev–Trinajstić information content (AvgIpc) is 3.06. The monoisotopic (exact) mass is 321 g/mol. The highest BCUT2D eigenvalue weighted by Gasteiger charge is 2.36. The number of rotatable bonds is 6. The Hall–Kier alpha value is -1.61. The molecule has 0 spiro atoms. The minimum absolute atomic E-state index is 0.230. The van der Waals surface area contributed by atoms with Gasteiger partial charge in [0.25, 0.3) is 0 Å². The molecule has 124 valence electrons. The molecule has 0 aromatic carbocycles. The smallest absolute Gasteiger partial charge is 0.378 e. The fourth-order valence-electron chi connectivity index (χ4n) is 2.27. The summed E-state index contributed by atoms with van der Waals surface area (Å²) in [5.41, 5.74) is -1.56. The van der Waals surface area contributed by atoms with Gasteiger partial charge in [-0.1, -0.05) is 0 Å². The molecule has 0 bridgehead atoms. The number of carbonyl (C=O) groups excluding carboxylic acids is 1. The molecule has 1 unspecified atom stereocenters. The highest BCUT2D eigenvalue weighted by molar-refractivity contribution is 5.75. The first-order valence-electron chi connectivity index (χ1n) is 6.92. The first kappa shape index (κ1) is 16.8. The van der Waals surface area contributed by atoms with Gasteiger partial charge >= 0.3 is 6.18 Å². The topological polar surface area (TPSA) is 65.4 Å². The van der Waals surface area contributed by atoms with E-state index in [0.717, 1.165) is 17.1 Å². The van der Waals surface area contributed by atoms with Crippen LogP contribution in [0.2, 0.25) is 0 Å². The summed E-state index contributed by atoms with van der Waals surface area (Å²) in [6.45, 7) is 3.34. The lowest BCUT2D eigenvalue weighted by atomic mass is 10.0. The zero-order chi connectivity index (χ0) is 16.2. The van der Waals surface area contributed by atoms with E-state index in [-0.39, 0.29) is 13.1 Å². The molecule has 1 amide bonds. The zero-order valence-corrected chi connectivity index (χ0v) is 12.2. The van der Waals surface area contributed by atoms with Crippen molar-refractivity contribution in [1.82, 2.24) is 14.9 Å². The van der Waals surface area contributed by atoms with Crippen molar-refractivity contribution in [3.63, 3.8) is 0 Å². The van der Waals surface area contributed by atoms with Crippen LogP contribution in [0.4, 0.5) is 13.2 Å². The fourth-order valence-corrected chi connectivity index (χ4v) is 2.27. The van der Waals surface area contributed by atoms with Gasteiger partial charge in [-0.15, -0.1) is 0 Å². The Bertz CT molecular complexity index is 510. The number of hydrogen-bond donors (Lipinski definition) is 1. The van der Waals surface area contributed by atoms with E-state index in [9.17, 15) is 18.0 Å². The summed E-state index contributed by atoms with van der Waals surface area (Å²) in [6.07, 6.45) is -2.05. The Kier molecular flexibility index (Phi) is 5.07. The number of amides is 1. The van der Waals surface area contributed by atoms with E-state index in [1.165, 1.54) is 0 Å². The van der Waals surface area contributed by atoms with Gasteiger partial charge in [-0.25, -0.2) is 4.98 Å². The number of nitrogens with zero attached hydrogens (tertiary/aromatic N) is 2. The van der Waals surface area contributed by atoms with Crippen molar-refractivity contribution in [3.8, 4) is 0 Å². The molecular weight excluding hydrogens is 303 g/mol. The molecule has 1 aliphatic heterocycles. The summed E-state index contributed by atoms with van der Waals surface area (Å²) in [5, 5.41) is 2.67. The zero-order valence-electron chi connectivity index (χ0n) is 12.2. The number of nitrogens with one attached hydrogen (secondary N) is 1. The van der Waals surface area contributed by atoms with E-state index in [4.69, 9.17) is 9.47 Å². The van der Waals surface area contributed by atoms with Crippen molar-refractivity contribution in [2.75, 3.05) is 26.4 Å². The van der Waals surface area contributed by atoms with E-state index in [1.54, 1.807) is 0 Å². The predicted octanol–water partition coefficient (Wildman–Crippen LogP) is 1.21. The van der Waals surface area contributed by atoms with Crippen LogP contribution in [0.1, 0.15) is 19.0 Å². The van der Waals surface area contributed by atoms with Gasteiger partial charge in [-0.05, 0) is 6.92 Å². The van der Waals surface area contributed by atoms with Crippen LogP contribution in [0, 0.1) is 0 Å². The average molecular weight is 321 g/mol. The Labute approximate surface area is 125 Å². The van der Waals surface area contributed by atoms with Gasteiger partial charge in [-0.2, -0.15) is 13.2 Å². The molecule has 1 aromatic heterocycles. The number of alkyl halides is 3. The Morgan fingerprint density at radius 3 is 2.91 bits per heavy atom. The van der Waals surface area contributed by atoms with E-state index >= 15 is 0 Å². The minimum Gasteiger partial charge on any atom is -0.378 e. The first-order chi connectivity index (χ1) is 10.3. The van der Waals surface area contributed by atoms with Gasteiger partial charge in [0, 0.05) is 32.4 Å². The number of aromatic nitrogens is 2. The third-order valence-electron chi connectivity index (χ3n) is 3.38. The predicted molar refractivity (Wildman–Crippen MR) is 70.0 cm³/mol. The van der Waals surface area contributed by atoms with Gasteiger partial charge in [0.2, 0.25) is 5.91 Å². The molecule has 1 aliphatic rings. The molecule has 2 rings (SSSR count). The molecule has 0 saturated carbocycles. The number of hydrogen-bond acceptors (Lipinski definition) is 4. The summed E-state index contributed by atoms with van der Waals surface area (Å²) < 4.78 is 49.3. The maximum absolute atomic E-state index is 12.4. The van der Waals surface area contributed by atoms with Crippen LogP contribution in [0.3, 0.4) is 0 Å². The lowest BCUT2D eigenvalue weighted by molar-refractivity contribution is -0.141. The van der Waals surface area contributed by atoms with Crippen LogP contribution in [-0.2, 0) is 27.0 Å². The fraction of sp³-hybridized carbons (Fsp3) is 0.692. The molecule has 1 saturated heterocycles. The molecule has 9 heteroatoms. The van der Waals surface area contributed by atoms with Gasteiger partial charge in [0.05, 0.1) is 12.9 Å². The molecule has 2 heterocycles. The van der Waals surface area contributed by atoms with Gasteiger partial charge < -0.3 is 19.4 Å². The molecule has 6 nitrogen and oxygen atoms in total. The van der Waals surface area contributed by atoms with Crippen molar-refractivity contribution < 1.29 is 27.4 Å². The third kappa shape index (κ3) is 4.20. The molecule has 1 aromatic rings. The van der Waals surface area contributed by atoms with E-state index < -0.39 is 23.4 Å². The second kappa shape index (κ2) is 6.66. The summed E-state index contributed by atoms with van der Waals surface area (Å²) in [4.78, 5) is 15.1. The second-order valence-corrected chi connectivity index (χ2v) is 5.12. The van der Waals surface area contributed by atoms with Crippen LogP contribution in [0.5, 0.6) is 0 Å². The summed E-state index contributed by atoms with van der Waals surface area (Å²) in [5.74, 6) is -0.405. The van der Waals surface area contributed by atoms with Crippen LogP contribution in [0.15, 0.2) is 12.5 Å². The van der Waals surface area contributed by atoms with Crippen LogP contribution in [-0.4, -0.2) is 47.4 Å². The van der Waals surface area contributed by atoms with Crippen molar-refractivity contribution >= 4 is 5.91 Å². The standard InChI is InChI=1S/C13H18F3N3O3/c1-2-22-12(3-4-21-8-12)7-17-11(20)6-19-5-10(18-9-19)13(14,15)16/h5,9H,2-4,6-8H2,1H3,(H,17,20). The molecule has 1 fully saturated rings. The van der Waals surface area contributed by atoms with Crippen LogP contribution < -0.4 is 5.32 Å². The van der Waals surface area contributed by atoms with Crippen LogP contribution in [0.25, 0.3) is 0 Å². The van der Waals surface area contributed by atoms with Gasteiger partial charge in [-0.3, -0.25) is 4.79 Å². The normalized spacial score (nSPS) is 22.0. The number of halogens is 3. The highest BCUT2D eigenvalue weighted by atomic mass is 19.4. The second-order valence-electron chi connectivity index (χ2n) is 5.12. The van der Waals surface area contributed by atoms with Crippen LogP contribution >= 0.6 is 0 Å². The number of ether oxygens (including phenoxy) is 2. The van der Waals surface area contributed by atoms with Crippen molar-refractivity contribution in [3.05, 3.63) is 18.2 Å². The maximum Gasteiger partial charge on any atom is 0.434 e. The largest absolute Gasteiger partial charge is 0.434 e. The van der Waals surface area contributed by atoms with Gasteiger partial charge in [0.1, 0.15) is 12.1 Å². The maximum atomic E-state index is 12.4.